The highest BCUT2D eigenvalue weighted by Crippen LogP contribution is 2.31. The molecule has 1 saturated heterocycles. The molecule has 2 heterocycles. The van der Waals surface area contributed by atoms with Gasteiger partial charge in [-0.3, -0.25) is 9.59 Å². The van der Waals surface area contributed by atoms with E-state index >= 15 is 0 Å². The first-order valence-corrected chi connectivity index (χ1v) is 11.3. The highest BCUT2D eigenvalue weighted by Gasteiger charge is 2.37. The van der Waals surface area contributed by atoms with Crippen LogP contribution >= 0.6 is 11.3 Å². The van der Waals surface area contributed by atoms with Crippen molar-refractivity contribution in [1.82, 2.24) is 14.5 Å². The number of carbonyl (C=O) groups is 2. The minimum atomic E-state index is -3.72. The average Bonchev–Trinajstić information content (AvgIpc) is 3.31. The van der Waals surface area contributed by atoms with Crippen LogP contribution in [0.4, 0.5) is 0 Å². The van der Waals surface area contributed by atoms with Crippen molar-refractivity contribution in [3.05, 3.63) is 17.5 Å². The molecule has 1 aromatic heterocycles. The summed E-state index contributed by atoms with van der Waals surface area (Å²) in [5, 5.41) is 1.69. The van der Waals surface area contributed by atoms with Gasteiger partial charge in [0.1, 0.15) is 10.3 Å². The van der Waals surface area contributed by atoms with Crippen molar-refractivity contribution in [3.63, 3.8) is 0 Å². The fourth-order valence-corrected chi connectivity index (χ4v) is 5.39. The Hall–Kier alpha value is -1.45. The topological polar surface area (TPSA) is 86.8 Å². The summed E-state index contributed by atoms with van der Waals surface area (Å²) in [5.74, 6) is -0.0313. The number of hydrogen-bond donors (Lipinski definition) is 1. The lowest BCUT2D eigenvalue weighted by molar-refractivity contribution is -0.141. The maximum absolute atomic E-state index is 12.9. The van der Waals surface area contributed by atoms with Crippen molar-refractivity contribution in [2.75, 3.05) is 26.2 Å². The van der Waals surface area contributed by atoms with Crippen LogP contribution in [0.2, 0.25) is 0 Å². The van der Waals surface area contributed by atoms with Crippen LogP contribution in [-0.2, 0) is 19.6 Å². The first kappa shape index (κ1) is 19.3. The third-order valence-corrected chi connectivity index (χ3v) is 7.64. The lowest BCUT2D eigenvalue weighted by Gasteiger charge is -2.37. The number of nitrogens with one attached hydrogen (secondary N) is 1. The first-order chi connectivity index (χ1) is 12.3. The Kier molecular flexibility index (Phi) is 5.69. The minimum absolute atomic E-state index is 0.177. The van der Waals surface area contributed by atoms with Crippen LogP contribution in [0.1, 0.15) is 26.7 Å². The van der Waals surface area contributed by atoms with Crippen LogP contribution in [0.25, 0.3) is 0 Å². The van der Waals surface area contributed by atoms with Crippen molar-refractivity contribution in [2.24, 2.45) is 11.8 Å². The van der Waals surface area contributed by atoms with Gasteiger partial charge in [0.25, 0.3) is 10.0 Å². The standard InChI is InChI=1S/C17H25N3O4S2/c1-12(2)15(18-26(23,24)14-4-3-11-25-14)17(22)20-9-7-19(8-10-20)16(21)13-5-6-13/h3-4,11-13,15,18H,5-10H2,1-2H3/t15-/m1/s1. The Morgan fingerprint density at radius 2 is 1.77 bits per heavy atom. The van der Waals surface area contributed by atoms with Gasteiger partial charge in [-0.05, 0) is 30.2 Å². The van der Waals surface area contributed by atoms with E-state index in [1.165, 1.54) is 6.07 Å². The van der Waals surface area contributed by atoms with Crippen molar-refractivity contribution in [3.8, 4) is 0 Å². The number of carbonyl (C=O) groups excluding carboxylic acids is 2. The summed E-state index contributed by atoms with van der Waals surface area (Å²) in [5.41, 5.74) is 0. The minimum Gasteiger partial charge on any atom is -0.339 e. The molecule has 1 aliphatic heterocycles. The maximum Gasteiger partial charge on any atom is 0.250 e. The molecular formula is C17H25N3O4S2. The lowest BCUT2D eigenvalue weighted by atomic mass is 10.0. The van der Waals surface area contributed by atoms with Crippen LogP contribution in [0.5, 0.6) is 0 Å². The van der Waals surface area contributed by atoms with Gasteiger partial charge in [-0.2, -0.15) is 4.72 Å². The smallest absolute Gasteiger partial charge is 0.250 e. The van der Waals surface area contributed by atoms with E-state index in [-0.39, 0.29) is 27.9 Å². The number of amides is 2. The molecule has 9 heteroatoms. The van der Waals surface area contributed by atoms with E-state index < -0.39 is 16.1 Å². The molecule has 26 heavy (non-hydrogen) atoms. The predicted molar refractivity (Wildman–Crippen MR) is 99.2 cm³/mol. The molecule has 144 valence electrons. The zero-order valence-electron chi connectivity index (χ0n) is 15.1. The van der Waals surface area contributed by atoms with Gasteiger partial charge in [0, 0.05) is 32.1 Å². The molecular weight excluding hydrogens is 374 g/mol. The number of sulfonamides is 1. The van der Waals surface area contributed by atoms with Crippen LogP contribution in [-0.4, -0.2) is 62.3 Å². The number of piperazine rings is 1. The molecule has 0 radical (unpaired) electrons. The Morgan fingerprint density at radius 3 is 2.27 bits per heavy atom. The van der Waals surface area contributed by atoms with Crippen molar-refractivity contribution in [1.29, 1.82) is 0 Å². The predicted octanol–water partition coefficient (Wildman–Crippen LogP) is 1.13. The molecule has 2 amide bonds. The van der Waals surface area contributed by atoms with Gasteiger partial charge in [0.2, 0.25) is 11.8 Å². The molecule has 2 fully saturated rings. The Labute approximate surface area is 158 Å². The molecule has 1 saturated carbocycles. The van der Waals surface area contributed by atoms with Crippen LogP contribution in [0, 0.1) is 11.8 Å². The largest absolute Gasteiger partial charge is 0.339 e. The van der Waals surface area contributed by atoms with Gasteiger partial charge >= 0.3 is 0 Å². The van der Waals surface area contributed by atoms with Crippen molar-refractivity contribution < 1.29 is 18.0 Å². The van der Waals surface area contributed by atoms with E-state index in [1.807, 2.05) is 18.7 Å². The first-order valence-electron chi connectivity index (χ1n) is 8.93. The molecule has 0 aromatic carbocycles. The fraction of sp³-hybridized carbons (Fsp3) is 0.647. The summed E-state index contributed by atoms with van der Waals surface area (Å²) < 4.78 is 27.8. The third-order valence-electron chi connectivity index (χ3n) is 4.80. The van der Waals surface area contributed by atoms with Gasteiger partial charge in [0.05, 0.1) is 0 Å². The number of nitrogens with zero attached hydrogens (tertiary/aromatic N) is 2. The average molecular weight is 400 g/mol. The van der Waals surface area contributed by atoms with Gasteiger partial charge in [-0.1, -0.05) is 19.9 Å². The van der Waals surface area contributed by atoms with Crippen molar-refractivity contribution in [2.45, 2.75) is 36.9 Å². The molecule has 0 unspecified atom stereocenters. The zero-order chi connectivity index (χ0) is 18.9. The van der Waals surface area contributed by atoms with E-state index in [4.69, 9.17) is 0 Å². The highest BCUT2D eigenvalue weighted by molar-refractivity contribution is 7.91. The molecule has 3 rings (SSSR count). The summed E-state index contributed by atoms with van der Waals surface area (Å²) in [7, 11) is -3.72. The van der Waals surface area contributed by atoms with Gasteiger partial charge in [-0.15, -0.1) is 11.3 Å². The highest BCUT2D eigenvalue weighted by atomic mass is 32.2. The molecule has 0 bridgehead atoms. The van der Waals surface area contributed by atoms with Crippen LogP contribution < -0.4 is 4.72 Å². The Morgan fingerprint density at radius 1 is 1.15 bits per heavy atom. The van der Waals surface area contributed by atoms with Crippen LogP contribution in [0.15, 0.2) is 21.7 Å². The quantitative estimate of drug-likeness (QED) is 0.777. The summed E-state index contributed by atoms with van der Waals surface area (Å²) in [4.78, 5) is 28.5. The zero-order valence-corrected chi connectivity index (χ0v) is 16.7. The maximum atomic E-state index is 12.9. The third kappa shape index (κ3) is 4.27. The second-order valence-electron chi connectivity index (χ2n) is 7.20. The monoisotopic (exact) mass is 399 g/mol. The summed E-state index contributed by atoms with van der Waals surface area (Å²) in [6.45, 7) is 5.58. The molecule has 2 aliphatic rings. The Balaban J connectivity index is 1.63. The normalized spacial score (nSPS) is 19.7. The van der Waals surface area contributed by atoms with Gasteiger partial charge < -0.3 is 9.80 Å². The summed E-state index contributed by atoms with van der Waals surface area (Å²) in [6.07, 6.45) is 1.94. The Bertz CT molecular complexity index is 749. The van der Waals surface area contributed by atoms with E-state index in [1.54, 1.807) is 16.3 Å². The molecule has 1 aliphatic carbocycles. The van der Waals surface area contributed by atoms with E-state index in [0.29, 0.717) is 26.2 Å². The second-order valence-corrected chi connectivity index (χ2v) is 10.1. The summed E-state index contributed by atoms with van der Waals surface area (Å²) in [6, 6.07) is 2.38. The van der Waals surface area contributed by atoms with Gasteiger partial charge in [0.15, 0.2) is 0 Å². The number of thiophene rings is 1. The van der Waals surface area contributed by atoms with E-state index in [0.717, 1.165) is 24.2 Å². The van der Waals surface area contributed by atoms with Crippen molar-refractivity contribution >= 4 is 33.2 Å². The molecule has 0 spiro atoms. The SMILES string of the molecule is CC(C)[C@@H](NS(=O)(=O)c1cccs1)C(=O)N1CCN(C(=O)C2CC2)CC1. The molecule has 1 aromatic rings. The second kappa shape index (κ2) is 7.66. The molecule has 1 atom stereocenters. The lowest BCUT2D eigenvalue weighted by Crippen LogP contribution is -2.57. The van der Waals surface area contributed by atoms with Crippen LogP contribution in [0.3, 0.4) is 0 Å². The molecule has 7 nitrogen and oxygen atoms in total. The fourth-order valence-electron chi connectivity index (χ4n) is 3.05. The number of hydrogen-bond acceptors (Lipinski definition) is 5. The van der Waals surface area contributed by atoms with E-state index in [9.17, 15) is 18.0 Å². The van der Waals surface area contributed by atoms with E-state index in [2.05, 4.69) is 4.72 Å². The summed E-state index contributed by atoms with van der Waals surface area (Å²) >= 11 is 1.12. The van der Waals surface area contributed by atoms with Gasteiger partial charge in [-0.25, -0.2) is 8.42 Å². The number of rotatable bonds is 6. The molecule has 1 N–H and O–H groups in total.